The summed E-state index contributed by atoms with van der Waals surface area (Å²) in [6, 6.07) is 0. The van der Waals surface area contributed by atoms with E-state index in [0.29, 0.717) is 0 Å². The first-order chi connectivity index (χ1) is 10.1. The zero-order valence-electron chi connectivity index (χ0n) is 12.9. The second kappa shape index (κ2) is 7.42. The van der Waals surface area contributed by atoms with Crippen LogP contribution in [0.1, 0.15) is 0 Å². The molecule has 0 aromatic carbocycles. The van der Waals surface area contributed by atoms with Crippen molar-refractivity contribution in [1.82, 2.24) is 25.4 Å². The molecule has 1 aliphatic heterocycles. The largest absolute Gasteiger partial charge is 0.412 e. The van der Waals surface area contributed by atoms with Gasteiger partial charge in [0.05, 0.1) is 0 Å². The molecule has 0 amide bonds. The number of halogens is 3. The van der Waals surface area contributed by atoms with Crippen LogP contribution >= 0.6 is 22.6 Å². The van der Waals surface area contributed by atoms with Gasteiger partial charge in [0.2, 0.25) is 15.0 Å². The fraction of sp³-hybridized carbons (Fsp3) is 1.00. The maximum absolute atomic E-state index is 12.5. The molecule has 0 aliphatic carbocycles. The van der Waals surface area contributed by atoms with Crippen molar-refractivity contribution in [3.8, 4) is 0 Å². The molecular weight excluding hydrogens is 362 g/mol. The first-order valence-corrected chi connectivity index (χ1v) is 11.2. The molecule has 0 saturated heterocycles. The summed E-state index contributed by atoms with van der Waals surface area (Å²) in [5, 5.41) is 14.6. The van der Waals surface area contributed by atoms with Gasteiger partial charge in [-0.2, -0.15) is 26.7 Å². The molecule has 1 atom stereocenters. The Kier molecular flexibility index (Phi) is 6.84. The number of alkyl halides is 3. The molecule has 0 aromatic heterocycles. The molecule has 1 rings (SSSR count). The van der Waals surface area contributed by atoms with Crippen LogP contribution in [0.3, 0.4) is 0 Å². The van der Waals surface area contributed by atoms with Crippen molar-refractivity contribution in [2.75, 3.05) is 41.8 Å². The molecule has 0 spiro atoms. The maximum atomic E-state index is 12.5. The Hall–Kier alpha value is 0.240. The van der Waals surface area contributed by atoms with Crippen molar-refractivity contribution in [2.24, 2.45) is 13.5 Å². The van der Waals surface area contributed by atoms with E-state index >= 15 is 0 Å². The van der Waals surface area contributed by atoms with Gasteiger partial charge in [-0.3, -0.25) is 20.3 Å². The Bertz CT molecular complexity index is 534. The average molecular weight is 384 g/mol. The summed E-state index contributed by atoms with van der Waals surface area (Å²) in [5.41, 5.74) is 0. The van der Waals surface area contributed by atoms with Crippen molar-refractivity contribution in [2.45, 2.75) is 6.18 Å². The van der Waals surface area contributed by atoms with Crippen LogP contribution in [-0.4, -0.2) is 48.0 Å². The predicted molar refractivity (Wildman–Crippen MR) is 85.3 cm³/mol. The van der Waals surface area contributed by atoms with Gasteiger partial charge in [0.1, 0.15) is 0 Å². The SMILES string of the molecule is CNP1(NC)=NP(NC)(NC)=NP(NC)(OCC(F)(F)F)=N1. The highest BCUT2D eigenvalue weighted by Crippen LogP contribution is 2.71. The van der Waals surface area contributed by atoms with Crippen LogP contribution < -0.4 is 25.4 Å². The van der Waals surface area contributed by atoms with E-state index in [0.717, 1.165) is 0 Å². The minimum absolute atomic E-state index is 1.44. The molecule has 1 aliphatic rings. The van der Waals surface area contributed by atoms with E-state index in [4.69, 9.17) is 4.52 Å². The van der Waals surface area contributed by atoms with Crippen molar-refractivity contribution in [3.63, 3.8) is 0 Å². The van der Waals surface area contributed by atoms with Crippen molar-refractivity contribution in [3.05, 3.63) is 0 Å². The Labute approximate surface area is 128 Å². The van der Waals surface area contributed by atoms with E-state index < -0.39 is 35.4 Å². The van der Waals surface area contributed by atoms with Gasteiger partial charge in [-0.1, -0.05) is 0 Å². The molecule has 9 nitrogen and oxygen atoms in total. The molecule has 0 aromatic rings. The number of hydrogen-bond acceptors (Lipinski definition) is 9. The Morgan fingerprint density at radius 1 is 0.773 bits per heavy atom. The maximum Gasteiger partial charge on any atom is 0.412 e. The summed E-state index contributed by atoms with van der Waals surface area (Å²) in [5.74, 6) is 0. The number of nitrogens with zero attached hydrogens (tertiary/aromatic N) is 3. The first kappa shape index (κ1) is 20.3. The third-order valence-corrected chi connectivity index (χ3v) is 12.4. The molecule has 5 N–H and O–H groups in total. The lowest BCUT2D eigenvalue weighted by molar-refractivity contribution is -0.152. The fourth-order valence-electron chi connectivity index (χ4n) is 1.54. The first-order valence-electron chi connectivity index (χ1n) is 6.21. The monoisotopic (exact) mass is 384 g/mol. The predicted octanol–water partition coefficient (Wildman–Crippen LogP) is 2.51. The normalized spacial score (nSPS) is 26.7. The molecular formula is C7H22F3N8OP3. The summed E-state index contributed by atoms with van der Waals surface area (Å²) >= 11 is 0. The zero-order valence-corrected chi connectivity index (χ0v) is 15.6. The van der Waals surface area contributed by atoms with E-state index in [-0.39, 0.29) is 0 Å². The summed E-state index contributed by atoms with van der Waals surface area (Å²) in [6.45, 7) is -1.44. The van der Waals surface area contributed by atoms with E-state index in [9.17, 15) is 13.2 Å². The minimum Gasteiger partial charge on any atom is -0.306 e. The minimum atomic E-state index is -4.47. The van der Waals surface area contributed by atoms with Gasteiger partial charge in [0.15, 0.2) is 6.61 Å². The summed E-state index contributed by atoms with van der Waals surface area (Å²) in [6.07, 6.45) is -4.47. The third-order valence-electron chi connectivity index (χ3n) is 2.71. The second-order valence-electron chi connectivity index (χ2n) is 4.02. The Balaban J connectivity index is 3.51. The number of hydrogen-bond donors (Lipinski definition) is 5. The highest BCUT2D eigenvalue weighted by molar-refractivity contribution is 7.82. The molecule has 1 heterocycles. The van der Waals surface area contributed by atoms with E-state index in [2.05, 4.69) is 39.0 Å². The number of nitrogens with one attached hydrogen (secondary N) is 5. The van der Waals surface area contributed by atoms with E-state index in [1.54, 1.807) is 28.2 Å². The zero-order chi connectivity index (χ0) is 17.1. The topological polar surface area (TPSA) is 106 Å². The van der Waals surface area contributed by atoms with Crippen LogP contribution in [0.15, 0.2) is 13.5 Å². The Morgan fingerprint density at radius 3 is 1.59 bits per heavy atom. The summed E-state index contributed by atoms with van der Waals surface area (Å²) in [7, 11) is -0.528. The molecule has 1 unspecified atom stereocenters. The molecule has 0 saturated carbocycles. The van der Waals surface area contributed by atoms with E-state index in [1.165, 1.54) is 7.05 Å². The fourth-order valence-corrected chi connectivity index (χ4v) is 12.1. The standard InChI is InChI=1S/C7H22F3N8OP3/c1-11-20(12-2)16-21(13-3,14-4)18-22(15-5,17-20)19-6-7(8,9)10/h11-15H,6H2,1-5H3. The van der Waals surface area contributed by atoms with Gasteiger partial charge in [-0.25, -0.2) is 5.09 Å². The van der Waals surface area contributed by atoms with Gasteiger partial charge in [0, 0.05) is 0 Å². The molecule has 132 valence electrons. The lowest BCUT2D eigenvalue weighted by Crippen LogP contribution is -2.24. The Morgan fingerprint density at radius 2 is 1.23 bits per heavy atom. The van der Waals surface area contributed by atoms with Gasteiger partial charge < -0.3 is 4.52 Å². The lowest BCUT2D eigenvalue weighted by Gasteiger charge is -2.34. The van der Waals surface area contributed by atoms with Crippen LogP contribution in [0.4, 0.5) is 13.2 Å². The quantitative estimate of drug-likeness (QED) is 0.432. The van der Waals surface area contributed by atoms with Gasteiger partial charge >= 0.3 is 6.18 Å². The number of rotatable bonds is 7. The van der Waals surface area contributed by atoms with Crippen LogP contribution in [-0.2, 0) is 4.52 Å². The van der Waals surface area contributed by atoms with Gasteiger partial charge in [-0.05, 0) is 35.2 Å². The summed E-state index contributed by atoms with van der Waals surface area (Å²) < 4.78 is 56.0. The smallest absolute Gasteiger partial charge is 0.306 e. The summed E-state index contributed by atoms with van der Waals surface area (Å²) in [4.78, 5) is 0. The van der Waals surface area contributed by atoms with Crippen molar-refractivity contribution < 1.29 is 17.7 Å². The lowest BCUT2D eigenvalue weighted by atomic mass is 10.7. The van der Waals surface area contributed by atoms with Crippen LogP contribution in [0.5, 0.6) is 0 Å². The van der Waals surface area contributed by atoms with Crippen LogP contribution in [0.25, 0.3) is 0 Å². The van der Waals surface area contributed by atoms with Crippen molar-refractivity contribution >= 4 is 22.6 Å². The molecule has 0 fully saturated rings. The molecule has 22 heavy (non-hydrogen) atoms. The van der Waals surface area contributed by atoms with Crippen molar-refractivity contribution in [1.29, 1.82) is 0 Å². The van der Waals surface area contributed by atoms with Crippen LogP contribution in [0, 0.1) is 0 Å². The highest BCUT2D eigenvalue weighted by Gasteiger charge is 2.38. The molecule has 0 radical (unpaired) electrons. The van der Waals surface area contributed by atoms with Gasteiger partial charge in [0.25, 0.3) is 7.58 Å². The average Bonchev–Trinajstić information content (AvgIpc) is 2.51. The van der Waals surface area contributed by atoms with E-state index in [1.807, 2.05) is 0 Å². The molecule has 0 bridgehead atoms. The molecule has 15 heteroatoms. The second-order valence-corrected chi connectivity index (χ2v) is 12.2. The van der Waals surface area contributed by atoms with Gasteiger partial charge in [-0.15, -0.1) is 0 Å². The van der Waals surface area contributed by atoms with Crippen LogP contribution in [0.2, 0.25) is 0 Å². The highest BCUT2D eigenvalue weighted by atomic mass is 31.3. The third kappa shape index (κ3) is 4.63.